The number of carbonyl (C=O) groups excluding carboxylic acids is 1. The highest BCUT2D eigenvalue weighted by Gasteiger charge is 2.42. The first-order valence-electron chi connectivity index (χ1n) is 7.50. The van der Waals surface area contributed by atoms with E-state index in [2.05, 4.69) is 5.32 Å². The van der Waals surface area contributed by atoms with Crippen molar-refractivity contribution in [1.82, 2.24) is 10.2 Å². The highest BCUT2D eigenvalue weighted by atomic mass is 32.2. The van der Waals surface area contributed by atoms with Crippen LogP contribution in [0.5, 0.6) is 0 Å². The topological polar surface area (TPSA) is 66.5 Å². The molecule has 1 saturated carbocycles. The predicted molar refractivity (Wildman–Crippen MR) is 79.3 cm³/mol. The van der Waals surface area contributed by atoms with E-state index >= 15 is 0 Å². The van der Waals surface area contributed by atoms with Gasteiger partial charge in [0, 0.05) is 26.7 Å². The average Bonchev–Trinajstić information content (AvgIpc) is 2.86. The minimum absolute atomic E-state index is 0.214. The van der Waals surface area contributed by atoms with Crippen LogP contribution in [0.15, 0.2) is 0 Å². The van der Waals surface area contributed by atoms with E-state index in [1.165, 1.54) is 0 Å². The molecule has 20 heavy (non-hydrogen) atoms. The molecule has 0 radical (unpaired) electrons. The number of nitrogens with one attached hydrogen (secondary N) is 1. The summed E-state index contributed by atoms with van der Waals surface area (Å²) in [5.74, 6) is 0.768. The normalized spacial score (nSPS) is 25.5. The summed E-state index contributed by atoms with van der Waals surface area (Å²) in [6.45, 7) is 0.689. The monoisotopic (exact) mass is 302 g/mol. The van der Waals surface area contributed by atoms with Crippen LogP contribution in [0, 0.1) is 5.41 Å². The number of hydrogen-bond acceptors (Lipinski definition) is 4. The van der Waals surface area contributed by atoms with Crippen molar-refractivity contribution in [3.8, 4) is 0 Å². The van der Waals surface area contributed by atoms with Gasteiger partial charge in [0.2, 0.25) is 5.91 Å². The average molecular weight is 302 g/mol. The zero-order chi connectivity index (χ0) is 14.8. The molecule has 0 aromatic carbocycles. The van der Waals surface area contributed by atoms with E-state index in [9.17, 15) is 13.2 Å². The Kier molecular flexibility index (Phi) is 4.74. The summed E-state index contributed by atoms with van der Waals surface area (Å²) >= 11 is 0. The maximum absolute atomic E-state index is 12.4. The maximum atomic E-state index is 12.4. The molecule has 0 unspecified atom stereocenters. The van der Waals surface area contributed by atoms with Gasteiger partial charge in [-0.15, -0.1) is 0 Å². The molecule has 6 heteroatoms. The minimum atomic E-state index is -2.81. The molecular formula is C14H26N2O3S. The molecule has 0 aromatic rings. The largest absolute Gasteiger partial charge is 0.348 e. The first-order valence-corrected chi connectivity index (χ1v) is 9.32. The van der Waals surface area contributed by atoms with Gasteiger partial charge in [0.05, 0.1) is 16.9 Å². The van der Waals surface area contributed by atoms with E-state index in [-0.39, 0.29) is 28.9 Å². The second-order valence-electron chi connectivity index (χ2n) is 6.49. The molecule has 1 heterocycles. The van der Waals surface area contributed by atoms with Crippen LogP contribution in [-0.2, 0) is 14.6 Å². The van der Waals surface area contributed by atoms with E-state index in [0.717, 1.165) is 25.7 Å². The summed E-state index contributed by atoms with van der Waals surface area (Å²) in [5, 5.41) is 3.47. The van der Waals surface area contributed by atoms with Gasteiger partial charge in [-0.1, -0.05) is 12.8 Å². The Balaban J connectivity index is 1.92. The van der Waals surface area contributed by atoms with Gasteiger partial charge in [0.25, 0.3) is 0 Å². The number of nitrogens with zero attached hydrogens (tertiary/aromatic N) is 1. The van der Waals surface area contributed by atoms with Crippen LogP contribution in [0.25, 0.3) is 0 Å². The Morgan fingerprint density at radius 1 is 1.20 bits per heavy atom. The molecule has 1 saturated heterocycles. The van der Waals surface area contributed by atoms with Crippen LogP contribution in [-0.4, -0.2) is 57.4 Å². The highest BCUT2D eigenvalue weighted by Crippen LogP contribution is 2.39. The van der Waals surface area contributed by atoms with E-state index in [1.807, 2.05) is 14.1 Å². The molecule has 0 atom stereocenters. The smallest absolute Gasteiger partial charge is 0.229 e. The van der Waals surface area contributed by atoms with E-state index in [4.69, 9.17) is 0 Å². The van der Waals surface area contributed by atoms with Crippen molar-refractivity contribution in [2.45, 2.75) is 44.6 Å². The molecule has 0 bridgehead atoms. The number of sulfone groups is 1. The third-order valence-electron chi connectivity index (χ3n) is 4.70. The van der Waals surface area contributed by atoms with E-state index in [1.54, 1.807) is 4.90 Å². The van der Waals surface area contributed by atoms with Crippen molar-refractivity contribution in [3.63, 3.8) is 0 Å². The lowest BCUT2D eigenvalue weighted by Crippen LogP contribution is -2.48. The van der Waals surface area contributed by atoms with E-state index in [0.29, 0.717) is 19.4 Å². The molecule has 2 fully saturated rings. The summed E-state index contributed by atoms with van der Waals surface area (Å²) in [6.07, 6.45) is 5.47. The van der Waals surface area contributed by atoms with Crippen LogP contribution < -0.4 is 5.32 Å². The molecule has 116 valence electrons. The Labute approximate surface area is 122 Å². The van der Waals surface area contributed by atoms with Crippen molar-refractivity contribution in [3.05, 3.63) is 0 Å². The van der Waals surface area contributed by atoms with Gasteiger partial charge in [-0.25, -0.2) is 8.42 Å². The fourth-order valence-electron chi connectivity index (χ4n) is 3.43. The molecule has 1 aliphatic carbocycles. The first kappa shape index (κ1) is 15.8. The lowest BCUT2D eigenvalue weighted by atomic mass is 9.84. The Bertz CT molecular complexity index is 439. The van der Waals surface area contributed by atoms with Gasteiger partial charge in [-0.2, -0.15) is 0 Å². The Morgan fingerprint density at radius 3 is 2.25 bits per heavy atom. The number of rotatable bonds is 4. The molecule has 0 aromatic heterocycles. The molecule has 1 aliphatic heterocycles. The summed E-state index contributed by atoms with van der Waals surface area (Å²) in [7, 11) is 0.817. The van der Waals surface area contributed by atoms with Gasteiger partial charge in [0.15, 0.2) is 0 Å². The Morgan fingerprint density at radius 2 is 1.75 bits per heavy atom. The lowest BCUT2D eigenvalue weighted by molar-refractivity contribution is -0.139. The minimum Gasteiger partial charge on any atom is -0.348 e. The zero-order valence-electron chi connectivity index (χ0n) is 12.5. The summed E-state index contributed by atoms with van der Waals surface area (Å²) in [5.41, 5.74) is -0.264. The fourth-order valence-corrected chi connectivity index (χ4v) is 4.92. The number of amides is 1. The van der Waals surface area contributed by atoms with Crippen LogP contribution in [0.4, 0.5) is 0 Å². The first-order chi connectivity index (χ1) is 9.35. The van der Waals surface area contributed by atoms with Crippen molar-refractivity contribution >= 4 is 15.7 Å². The van der Waals surface area contributed by atoms with Gasteiger partial charge < -0.3 is 10.2 Å². The van der Waals surface area contributed by atoms with Crippen molar-refractivity contribution in [2.75, 3.05) is 32.1 Å². The predicted octanol–water partition coefficient (Wildman–Crippen LogP) is 0.802. The van der Waals surface area contributed by atoms with Gasteiger partial charge in [-0.3, -0.25) is 4.79 Å². The van der Waals surface area contributed by atoms with Crippen molar-refractivity contribution in [2.24, 2.45) is 5.41 Å². The zero-order valence-corrected chi connectivity index (χ0v) is 13.3. The van der Waals surface area contributed by atoms with Crippen molar-refractivity contribution < 1.29 is 13.2 Å². The van der Waals surface area contributed by atoms with Crippen LogP contribution in [0.3, 0.4) is 0 Å². The second kappa shape index (κ2) is 6.02. The summed E-state index contributed by atoms with van der Waals surface area (Å²) in [4.78, 5) is 14.1. The molecular weight excluding hydrogens is 276 g/mol. The summed E-state index contributed by atoms with van der Waals surface area (Å²) < 4.78 is 22.9. The molecule has 2 rings (SSSR count). The van der Waals surface area contributed by atoms with Gasteiger partial charge in [-0.05, 0) is 25.7 Å². The van der Waals surface area contributed by atoms with Crippen molar-refractivity contribution in [1.29, 1.82) is 0 Å². The quantitative estimate of drug-likeness (QED) is 0.834. The SMILES string of the molecule is CN(C)C(=O)C1(CNC2CCS(=O)(=O)CC2)CCCC1. The lowest BCUT2D eigenvalue weighted by Gasteiger charge is -2.33. The van der Waals surface area contributed by atoms with Crippen LogP contribution in [0.1, 0.15) is 38.5 Å². The van der Waals surface area contributed by atoms with Gasteiger partial charge in [0.1, 0.15) is 9.84 Å². The summed E-state index contributed by atoms with van der Waals surface area (Å²) in [6, 6.07) is 0.242. The van der Waals surface area contributed by atoms with Crippen LogP contribution in [0.2, 0.25) is 0 Å². The fraction of sp³-hybridized carbons (Fsp3) is 0.929. The highest BCUT2D eigenvalue weighted by molar-refractivity contribution is 7.91. The molecule has 5 nitrogen and oxygen atoms in total. The molecule has 1 amide bonds. The van der Waals surface area contributed by atoms with Crippen LogP contribution >= 0.6 is 0 Å². The number of carbonyl (C=O) groups is 1. The number of hydrogen-bond donors (Lipinski definition) is 1. The second-order valence-corrected chi connectivity index (χ2v) is 8.80. The Hall–Kier alpha value is -0.620. The third kappa shape index (κ3) is 3.52. The molecule has 0 spiro atoms. The molecule has 1 N–H and O–H groups in total. The molecule has 2 aliphatic rings. The maximum Gasteiger partial charge on any atom is 0.229 e. The van der Waals surface area contributed by atoms with E-state index < -0.39 is 9.84 Å². The standard InChI is InChI=1S/C14H26N2O3S/c1-16(2)13(17)14(7-3-4-8-14)11-15-12-5-9-20(18,19)10-6-12/h12,15H,3-11H2,1-2H3. The third-order valence-corrected chi connectivity index (χ3v) is 6.42. The van der Waals surface area contributed by atoms with Gasteiger partial charge >= 0.3 is 0 Å².